The largest absolute Gasteiger partial charge is 0.378 e. The lowest BCUT2D eigenvalue weighted by Crippen LogP contribution is -2.50. The van der Waals surface area contributed by atoms with E-state index < -0.39 is 0 Å². The quantitative estimate of drug-likeness (QED) is 0.416. The van der Waals surface area contributed by atoms with Gasteiger partial charge in [0, 0.05) is 39.3 Å². The van der Waals surface area contributed by atoms with E-state index in [1.165, 1.54) is 4.90 Å². The summed E-state index contributed by atoms with van der Waals surface area (Å²) in [6, 6.07) is 0. The maximum absolute atomic E-state index is 12.0. The normalized spacial score (nSPS) is 16.4. The summed E-state index contributed by atoms with van der Waals surface area (Å²) in [5, 5.41) is 0. The molecule has 7 nitrogen and oxygen atoms in total. The molecule has 1 aliphatic heterocycles. The van der Waals surface area contributed by atoms with Crippen molar-refractivity contribution in [2.75, 3.05) is 66.1 Å². The van der Waals surface area contributed by atoms with Crippen molar-refractivity contribution in [3.8, 4) is 0 Å². The molecule has 0 aromatic carbocycles. The molecular weight excluding hydrogens is 248 g/mol. The molecule has 1 aliphatic rings. The number of nitrogens with zero attached hydrogens (tertiary/aromatic N) is 3. The first-order valence-electron chi connectivity index (χ1n) is 6.61. The van der Waals surface area contributed by atoms with Gasteiger partial charge >= 0.3 is 0 Å². The van der Waals surface area contributed by atoms with Crippen LogP contribution in [0.5, 0.6) is 0 Å². The molecule has 0 atom stereocenters. The number of carbonyl (C=O) groups excluding carboxylic acids is 2. The number of piperazine rings is 1. The lowest BCUT2D eigenvalue weighted by Gasteiger charge is -2.33. The summed E-state index contributed by atoms with van der Waals surface area (Å²) in [6.45, 7) is 5.10. The Morgan fingerprint density at radius 1 is 1.32 bits per heavy atom. The Labute approximate surface area is 114 Å². The van der Waals surface area contributed by atoms with Gasteiger partial charge in [-0.1, -0.05) is 0 Å². The van der Waals surface area contributed by atoms with E-state index in [0.717, 1.165) is 26.2 Å². The van der Waals surface area contributed by atoms with Gasteiger partial charge in [0.15, 0.2) is 0 Å². The average molecular weight is 272 g/mol. The number of likely N-dealkylation sites (N-methyl/N-ethyl adjacent to an activating group) is 1. The van der Waals surface area contributed by atoms with Crippen molar-refractivity contribution in [3.63, 3.8) is 0 Å². The molecule has 0 unspecified atom stereocenters. The fraction of sp³-hybridized carbons (Fsp3) is 0.833. The number of hydrogen-bond donors (Lipinski definition) is 1. The first-order valence-corrected chi connectivity index (χ1v) is 6.61. The fourth-order valence-corrected chi connectivity index (χ4v) is 1.87. The molecule has 0 aromatic rings. The third-order valence-corrected chi connectivity index (χ3v) is 3.13. The average Bonchev–Trinajstić information content (AvgIpc) is 2.42. The van der Waals surface area contributed by atoms with Gasteiger partial charge in [-0.15, -0.1) is 0 Å². The van der Waals surface area contributed by atoms with Crippen LogP contribution in [0.3, 0.4) is 0 Å². The molecule has 0 spiro atoms. The van der Waals surface area contributed by atoms with E-state index >= 15 is 0 Å². The molecule has 0 bridgehead atoms. The van der Waals surface area contributed by atoms with Crippen molar-refractivity contribution >= 4 is 12.3 Å². The van der Waals surface area contributed by atoms with Crippen LogP contribution in [0.25, 0.3) is 0 Å². The third-order valence-electron chi connectivity index (χ3n) is 3.13. The van der Waals surface area contributed by atoms with Crippen LogP contribution in [-0.4, -0.2) is 93.1 Å². The number of rotatable bonds is 8. The summed E-state index contributed by atoms with van der Waals surface area (Å²) < 4.78 is 5.20. The molecule has 2 amide bonds. The Morgan fingerprint density at radius 2 is 2.00 bits per heavy atom. The monoisotopic (exact) mass is 272 g/mol. The highest BCUT2D eigenvalue weighted by atomic mass is 16.5. The number of carbonyl (C=O) groups is 2. The molecule has 7 heteroatoms. The molecule has 0 saturated carbocycles. The van der Waals surface area contributed by atoms with Crippen molar-refractivity contribution in [1.82, 2.24) is 14.7 Å². The lowest BCUT2D eigenvalue weighted by atomic mass is 10.3. The van der Waals surface area contributed by atoms with Crippen LogP contribution in [0.2, 0.25) is 0 Å². The van der Waals surface area contributed by atoms with Gasteiger partial charge in [-0.25, -0.2) is 0 Å². The van der Waals surface area contributed by atoms with Crippen LogP contribution >= 0.6 is 0 Å². The molecule has 1 fully saturated rings. The zero-order valence-electron chi connectivity index (χ0n) is 11.6. The van der Waals surface area contributed by atoms with Gasteiger partial charge in [0.2, 0.25) is 12.3 Å². The van der Waals surface area contributed by atoms with Gasteiger partial charge in [0.1, 0.15) is 0 Å². The summed E-state index contributed by atoms with van der Waals surface area (Å²) in [5.74, 6) is -0.000903. The van der Waals surface area contributed by atoms with E-state index in [0.29, 0.717) is 32.7 Å². The molecule has 19 heavy (non-hydrogen) atoms. The lowest BCUT2D eigenvalue weighted by molar-refractivity contribution is -0.137. The predicted octanol–water partition coefficient (Wildman–Crippen LogP) is -1.81. The van der Waals surface area contributed by atoms with Crippen LogP contribution in [0, 0.1) is 0 Å². The molecule has 1 heterocycles. The first kappa shape index (κ1) is 15.9. The van der Waals surface area contributed by atoms with Gasteiger partial charge in [-0.05, 0) is 7.05 Å². The molecule has 110 valence electrons. The second kappa shape index (κ2) is 8.84. The van der Waals surface area contributed by atoms with Crippen molar-refractivity contribution in [2.45, 2.75) is 0 Å². The van der Waals surface area contributed by atoms with E-state index in [2.05, 4.69) is 4.90 Å². The van der Waals surface area contributed by atoms with Crippen molar-refractivity contribution in [3.05, 3.63) is 0 Å². The van der Waals surface area contributed by atoms with E-state index in [1.807, 2.05) is 7.05 Å². The summed E-state index contributed by atoms with van der Waals surface area (Å²) in [6.07, 6.45) is 0.694. The SMILES string of the molecule is CN1CCN(C(=O)CN(C=O)CCOCCN)CC1. The number of nitrogens with two attached hydrogens (primary N) is 1. The topological polar surface area (TPSA) is 79.1 Å². The Hall–Kier alpha value is -1.18. The minimum absolute atomic E-state index is 0.000903. The first-order chi connectivity index (χ1) is 9.17. The zero-order valence-corrected chi connectivity index (χ0v) is 11.6. The number of amides is 2. The predicted molar refractivity (Wildman–Crippen MR) is 71.6 cm³/mol. The summed E-state index contributed by atoms with van der Waals surface area (Å²) in [5.41, 5.74) is 5.29. The molecule has 0 aromatic heterocycles. The molecule has 0 aliphatic carbocycles. The smallest absolute Gasteiger partial charge is 0.242 e. The van der Waals surface area contributed by atoms with Gasteiger partial charge in [0.05, 0.1) is 19.8 Å². The standard InChI is InChI=1S/C12H24N4O3/c1-14-3-5-16(6-4-14)12(18)10-15(11-17)7-9-19-8-2-13/h11H,2-10,13H2,1H3. The Morgan fingerprint density at radius 3 is 2.58 bits per heavy atom. The molecule has 0 radical (unpaired) electrons. The van der Waals surface area contributed by atoms with E-state index in [9.17, 15) is 9.59 Å². The van der Waals surface area contributed by atoms with E-state index in [4.69, 9.17) is 10.5 Å². The van der Waals surface area contributed by atoms with E-state index in [1.54, 1.807) is 4.90 Å². The van der Waals surface area contributed by atoms with Crippen molar-refractivity contribution in [1.29, 1.82) is 0 Å². The molecular formula is C12H24N4O3. The van der Waals surface area contributed by atoms with Crippen LogP contribution in [-0.2, 0) is 14.3 Å². The van der Waals surface area contributed by atoms with Crippen LogP contribution < -0.4 is 5.73 Å². The maximum atomic E-state index is 12.0. The molecule has 2 N–H and O–H groups in total. The molecule has 1 saturated heterocycles. The van der Waals surface area contributed by atoms with Crippen molar-refractivity contribution < 1.29 is 14.3 Å². The van der Waals surface area contributed by atoms with Crippen LogP contribution in [0.4, 0.5) is 0 Å². The summed E-state index contributed by atoms with van der Waals surface area (Å²) >= 11 is 0. The maximum Gasteiger partial charge on any atom is 0.242 e. The minimum atomic E-state index is -0.000903. The second-order valence-corrected chi connectivity index (χ2v) is 4.66. The van der Waals surface area contributed by atoms with Crippen LogP contribution in [0.15, 0.2) is 0 Å². The van der Waals surface area contributed by atoms with E-state index in [-0.39, 0.29) is 12.5 Å². The minimum Gasteiger partial charge on any atom is -0.378 e. The Kier molecular flexibility index (Phi) is 7.39. The second-order valence-electron chi connectivity index (χ2n) is 4.66. The number of ether oxygens (including phenoxy) is 1. The van der Waals surface area contributed by atoms with Gasteiger partial charge in [-0.2, -0.15) is 0 Å². The van der Waals surface area contributed by atoms with Crippen molar-refractivity contribution in [2.24, 2.45) is 5.73 Å². The van der Waals surface area contributed by atoms with Gasteiger partial charge in [0.25, 0.3) is 0 Å². The highest BCUT2D eigenvalue weighted by molar-refractivity contribution is 5.80. The Bertz CT molecular complexity index is 280. The van der Waals surface area contributed by atoms with Gasteiger partial charge < -0.3 is 25.2 Å². The molecule has 1 rings (SSSR count). The Balaban J connectivity index is 2.26. The fourth-order valence-electron chi connectivity index (χ4n) is 1.87. The van der Waals surface area contributed by atoms with Crippen LogP contribution in [0.1, 0.15) is 0 Å². The summed E-state index contributed by atoms with van der Waals surface area (Å²) in [7, 11) is 2.04. The third kappa shape index (κ3) is 6.00. The highest BCUT2D eigenvalue weighted by Crippen LogP contribution is 2.00. The summed E-state index contributed by atoms with van der Waals surface area (Å²) in [4.78, 5) is 28.3. The highest BCUT2D eigenvalue weighted by Gasteiger charge is 2.20. The zero-order chi connectivity index (χ0) is 14.1. The number of hydrogen-bond acceptors (Lipinski definition) is 5. The van der Waals surface area contributed by atoms with Gasteiger partial charge in [-0.3, -0.25) is 9.59 Å².